The van der Waals surface area contributed by atoms with E-state index in [-0.39, 0.29) is 36.4 Å². The molecule has 2 unspecified atom stereocenters. The second-order valence-corrected chi connectivity index (χ2v) is 6.54. The zero-order valence-corrected chi connectivity index (χ0v) is 16.4. The highest BCUT2D eigenvalue weighted by Crippen LogP contribution is 2.19. The van der Waals surface area contributed by atoms with E-state index >= 15 is 0 Å². The van der Waals surface area contributed by atoms with Crippen molar-refractivity contribution in [2.24, 2.45) is 10.9 Å². The molecule has 2 atom stereocenters. The molecular formula is C15H30IN5O. The Kier molecular flexibility index (Phi) is 7.88. The van der Waals surface area contributed by atoms with Crippen LogP contribution in [0.15, 0.2) is 4.99 Å². The summed E-state index contributed by atoms with van der Waals surface area (Å²) in [6, 6.07) is 1.35. The maximum atomic E-state index is 11.7. The molecule has 6 nitrogen and oxygen atoms in total. The van der Waals surface area contributed by atoms with Gasteiger partial charge in [-0.05, 0) is 32.6 Å². The van der Waals surface area contributed by atoms with Gasteiger partial charge in [0.2, 0.25) is 5.91 Å². The molecule has 1 saturated heterocycles. The number of rotatable bonds is 5. The second-order valence-electron chi connectivity index (χ2n) is 6.54. The van der Waals surface area contributed by atoms with Gasteiger partial charge in [-0.15, -0.1) is 24.0 Å². The predicted octanol–water partition coefficient (Wildman–Crippen LogP) is 0.777. The van der Waals surface area contributed by atoms with Crippen LogP contribution in [-0.2, 0) is 4.79 Å². The summed E-state index contributed by atoms with van der Waals surface area (Å²) in [6.45, 7) is 9.12. The van der Waals surface area contributed by atoms with Crippen molar-refractivity contribution in [2.45, 2.75) is 51.7 Å². The second kappa shape index (κ2) is 8.90. The van der Waals surface area contributed by atoms with Crippen LogP contribution < -0.4 is 16.0 Å². The normalized spacial score (nSPS) is 25.8. The Morgan fingerprint density at radius 3 is 2.45 bits per heavy atom. The third-order valence-corrected chi connectivity index (χ3v) is 4.28. The Morgan fingerprint density at radius 2 is 1.95 bits per heavy atom. The fourth-order valence-corrected chi connectivity index (χ4v) is 2.65. The first kappa shape index (κ1) is 19.5. The van der Waals surface area contributed by atoms with Crippen molar-refractivity contribution in [3.8, 4) is 0 Å². The van der Waals surface area contributed by atoms with Gasteiger partial charge < -0.3 is 16.0 Å². The lowest BCUT2D eigenvalue weighted by molar-refractivity contribution is -0.120. The molecule has 0 spiro atoms. The molecule has 1 aliphatic heterocycles. The predicted molar refractivity (Wildman–Crippen MR) is 101 cm³/mol. The van der Waals surface area contributed by atoms with Crippen molar-refractivity contribution in [3.05, 3.63) is 0 Å². The van der Waals surface area contributed by atoms with Crippen LogP contribution in [0.3, 0.4) is 0 Å². The Hall–Kier alpha value is -0.570. The molecule has 2 aliphatic rings. The molecule has 0 aromatic heterocycles. The highest BCUT2D eigenvalue weighted by atomic mass is 127. The van der Waals surface area contributed by atoms with Crippen LogP contribution in [0.2, 0.25) is 0 Å². The van der Waals surface area contributed by atoms with E-state index in [9.17, 15) is 4.79 Å². The van der Waals surface area contributed by atoms with Crippen LogP contribution in [-0.4, -0.2) is 61.6 Å². The van der Waals surface area contributed by atoms with Gasteiger partial charge in [0.25, 0.3) is 0 Å². The monoisotopic (exact) mass is 423 g/mol. The zero-order valence-electron chi connectivity index (χ0n) is 14.1. The van der Waals surface area contributed by atoms with Gasteiger partial charge in [-0.25, -0.2) is 0 Å². The van der Waals surface area contributed by atoms with Gasteiger partial charge >= 0.3 is 0 Å². The van der Waals surface area contributed by atoms with Crippen LogP contribution in [0.4, 0.5) is 0 Å². The minimum atomic E-state index is 0. The van der Waals surface area contributed by atoms with E-state index in [1.54, 1.807) is 7.05 Å². The smallest absolute Gasteiger partial charge is 0.239 e. The number of carbonyl (C=O) groups is 1. The van der Waals surface area contributed by atoms with E-state index in [2.05, 4.69) is 46.6 Å². The fraction of sp³-hybridized carbons (Fsp3) is 0.867. The molecule has 128 valence electrons. The number of nitrogens with zero attached hydrogens (tertiary/aromatic N) is 2. The summed E-state index contributed by atoms with van der Waals surface area (Å²) in [4.78, 5) is 18.4. The summed E-state index contributed by atoms with van der Waals surface area (Å²) in [6.07, 6.45) is 2.23. The van der Waals surface area contributed by atoms with Gasteiger partial charge in [-0.3, -0.25) is 14.7 Å². The minimum absolute atomic E-state index is 0. The molecule has 1 aliphatic carbocycles. The molecule has 3 N–H and O–H groups in total. The molecule has 2 rings (SSSR count). The number of carbonyl (C=O) groups excluding carboxylic acids is 1. The average Bonchev–Trinajstić information content (AvgIpc) is 3.16. The Bertz CT molecular complexity index is 397. The third-order valence-electron chi connectivity index (χ3n) is 4.28. The SMILES string of the molecule is CN=C(NCC(=O)NC1CC1)NC1CN(C(C)C)CC1C.I. The number of hydrogen-bond acceptors (Lipinski definition) is 3. The molecule has 1 saturated carbocycles. The van der Waals surface area contributed by atoms with Gasteiger partial charge in [0.1, 0.15) is 0 Å². The van der Waals surface area contributed by atoms with Crippen molar-refractivity contribution in [2.75, 3.05) is 26.7 Å². The molecule has 0 aromatic rings. The summed E-state index contributed by atoms with van der Waals surface area (Å²) in [5, 5.41) is 9.51. The summed E-state index contributed by atoms with van der Waals surface area (Å²) >= 11 is 0. The Balaban J connectivity index is 0.00000242. The van der Waals surface area contributed by atoms with Gasteiger partial charge in [-0.2, -0.15) is 0 Å². The van der Waals surface area contributed by atoms with E-state index in [1.807, 2.05) is 0 Å². The van der Waals surface area contributed by atoms with Crippen molar-refractivity contribution in [3.63, 3.8) is 0 Å². The summed E-state index contributed by atoms with van der Waals surface area (Å²) in [5.41, 5.74) is 0. The molecule has 7 heteroatoms. The number of likely N-dealkylation sites (tertiary alicyclic amines) is 1. The van der Waals surface area contributed by atoms with Crippen LogP contribution >= 0.6 is 24.0 Å². The summed E-state index contributed by atoms with van der Waals surface area (Å²) < 4.78 is 0. The number of hydrogen-bond donors (Lipinski definition) is 3. The third kappa shape index (κ3) is 5.91. The fourth-order valence-electron chi connectivity index (χ4n) is 2.65. The van der Waals surface area contributed by atoms with Gasteiger partial charge in [-0.1, -0.05) is 6.92 Å². The maximum absolute atomic E-state index is 11.7. The highest BCUT2D eigenvalue weighted by molar-refractivity contribution is 14.0. The van der Waals surface area contributed by atoms with Crippen LogP contribution in [0.5, 0.6) is 0 Å². The first-order chi connectivity index (χ1) is 9.99. The van der Waals surface area contributed by atoms with E-state index in [4.69, 9.17) is 0 Å². The van der Waals surface area contributed by atoms with Gasteiger partial charge in [0, 0.05) is 38.3 Å². The van der Waals surface area contributed by atoms with E-state index in [1.165, 1.54) is 0 Å². The van der Waals surface area contributed by atoms with Crippen molar-refractivity contribution < 1.29 is 4.79 Å². The lowest BCUT2D eigenvalue weighted by Crippen LogP contribution is -2.49. The summed E-state index contributed by atoms with van der Waals surface area (Å²) in [5.74, 6) is 1.33. The zero-order chi connectivity index (χ0) is 15.4. The van der Waals surface area contributed by atoms with Crippen molar-refractivity contribution in [1.82, 2.24) is 20.9 Å². The lowest BCUT2D eigenvalue weighted by Gasteiger charge is -2.21. The van der Waals surface area contributed by atoms with E-state index in [0.29, 0.717) is 30.0 Å². The lowest BCUT2D eigenvalue weighted by atomic mass is 10.1. The van der Waals surface area contributed by atoms with Crippen LogP contribution in [0, 0.1) is 5.92 Å². The molecule has 0 radical (unpaired) electrons. The standard InChI is InChI=1S/C15H29N5O.HI/c1-10(2)20-8-11(3)13(9-20)19-15(16-4)17-7-14(21)18-12-5-6-12;/h10-13H,5-9H2,1-4H3,(H,18,21)(H2,16,17,19);1H. The van der Waals surface area contributed by atoms with Crippen molar-refractivity contribution in [1.29, 1.82) is 0 Å². The maximum Gasteiger partial charge on any atom is 0.239 e. The summed E-state index contributed by atoms with van der Waals surface area (Å²) in [7, 11) is 1.74. The molecule has 22 heavy (non-hydrogen) atoms. The molecule has 2 fully saturated rings. The first-order valence-electron chi connectivity index (χ1n) is 8.00. The Morgan fingerprint density at radius 1 is 1.27 bits per heavy atom. The van der Waals surface area contributed by atoms with Crippen LogP contribution in [0.25, 0.3) is 0 Å². The van der Waals surface area contributed by atoms with Gasteiger partial charge in [0.15, 0.2) is 5.96 Å². The number of aliphatic imine (C=N–C) groups is 1. The van der Waals surface area contributed by atoms with Gasteiger partial charge in [0.05, 0.1) is 6.54 Å². The first-order valence-corrected chi connectivity index (χ1v) is 8.00. The molecule has 0 aromatic carbocycles. The molecular weight excluding hydrogens is 393 g/mol. The molecule has 0 bridgehead atoms. The number of halogens is 1. The Labute approximate surface area is 150 Å². The minimum Gasteiger partial charge on any atom is -0.352 e. The quantitative estimate of drug-likeness (QED) is 0.347. The highest BCUT2D eigenvalue weighted by Gasteiger charge is 2.31. The van der Waals surface area contributed by atoms with E-state index in [0.717, 1.165) is 25.9 Å². The topological polar surface area (TPSA) is 68.8 Å². The van der Waals surface area contributed by atoms with Crippen LogP contribution in [0.1, 0.15) is 33.6 Å². The molecule has 1 heterocycles. The molecule has 1 amide bonds. The van der Waals surface area contributed by atoms with Crippen molar-refractivity contribution >= 4 is 35.8 Å². The number of amides is 1. The van der Waals surface area contributed by atoms with E-state index < -0.39 is 0 Å². The number of guanidine groups is 1. The largest absolute Gasteiger partial charge is 0.352 e. The average molecular weight is 423 g/mol. The number of nitrogens with one attached hydrogen (secondary N) is 3.